The monoisotopic (exact) mass is 269 g/mol. The normalized spacial score (nSPS) is 10.5. The van der Waals surface area contributed by atoms with E-state index in [0.29, 0.717) is 44.9 Å². The quantitative estimate of drug-likeness (QED) is 0.171. The van der Waals surface area contributed by atoms with Crippen LogP contribution in [-0.2, 0) is 9.53 Å². The first kappa shape index (κ1) is 16.9. The molecule has 0 bridgehead atoms. The van der Waals surface area contributed by atoms with Crippen molar-refractivity contribution in [3.8, 4) is 0 Å². The van der Waals surface area contributed by atoms with Gasteiger partial charge < -0.3 is 15.4 Å². The van der Waals surface area contributed by atoms with Gasteiger partial charge in [0, 0.05) is 44.2 Å². The Kier molecular flexibility index (Phi) is 11.0. The lowest BCUT2D eigenvalue weighted by Gasteiger charge is -2.05. The maximum absolute atomic E-state index is 10.5. The number of carbonyl (C=O) groups excluding carboxylic acids is 1. The zero-order valence-corrected chi connectivity index (χ0v) is 10.9. The third-order valence-electron chi connectivity index (χ3n) is 1.94. The van der Waals surface area contributed by atoms with Crippen LogP contribution < -0.4 is 10.6 Å². The Morgan fingerprint density at radius 1 is 1.53 bits per heavy atom. The second-order valence-electron chi connectivity index (χ2n) is 3.53. The van der Waals surface area contributed by atoms with Crippen LogP contribution in [0, 0.1) is 5.53 Å². The van der Waals surface area contributed by atoms with Gasteiger partial charge in [-0.3, -0.25) is 4.79 Å². The van der Waals surface area contributed by atoms with Gasteiger partial charge in [0.05, 0.1) is 12.3 Å². The minimum absolute atomic E-state index is 0.290. The van der Waals surface area contributed by atoms with Crippen LogP contribution in [0.4, 0.5) is 0 Å². The summed E-state index contributed by atoms with van der Waals surface area (Å²) in [5.41, 5.74) is 15.6. The SMILES string of the molecule is CC(=O)OCCCN/C=C(/CNCCN=[N+]=[N-])N=N. The number of nitrogens with one attached hydrogen (secondary N) is 3. The molecule has 0 aromatic carbocycles. The minimum atomic E-state index is -0.290. The van der Waals surface area contributed by atoms with Crippen molar-refractivity contribution in [1.29, 1.82) is 5.53 Å². The predicted octanol–water partition coefficient (Wildman–Crippen LogP) is 1.30. The van der Waals surface area contributed by atoms with Gasteiger partial charge in [-0.25, -0.2) is 5.53 Å². The zero-order chi connectivity index (χ0) is 14.3. The van der Waals surface area contributed by atoms with Gasteiger partial charge in [-0.15, -0.1) is 0 Å². The summed E-state index contributed by atoms with van der Waals surface area (Å²) in [6.45, 7) is 3.67. The molecule has 0 aromatic rings. The highest BCUT2D eigenvalue weighted by Gasteiger charge is 1.95. The molecule has 19 heavy (non-hydrogen) atoms. The molecule has 0 saturated heterocycles. The fourth-order valence-electron chi connectivity index (χ4n) is 1.09. The van der Waals surface area contributed by atoms with Crippen molar-refractivity contribution >= 4 is 5.97 Å². The predicted molar refractivity (Wildman–Crippen MR) is 69.4 cm³/mol. The van der Waals surface area contributed by atoms with Crippen molar-refractivity contribution in [2.24, 2.45) is 10.2 Å². The first-order valence-electron chi connectivity index (χ1n) is 5.85. The number of ether oxygens (including phenoxy) is 1. The van der Waals surface area contributed by atoms with Gasteiger partial charge in [0.15, 0.2) is 0 Å². The highest BCUT2D eigenvalue weighted by atomic mass is 16.5. The van der Waals surface area contributed by atoms with Crippen LogP contribution in [0.2, 0.25) is 0 Å². The molecule has 0 heterocycles. The number of hydrogen-bond donors (Lipinski definition) is 3. The summed E-state index contributed by atoms with van der Waals surface area (Å²) in [5.74, 6) is -0.290. The fraction of sp³-hybridized carbons (Fsp3) is 0.700. The van der Waals surface area contributed by atoms with Crippen molar-refractivity contribution in [3.05, 3.63) is 22.3 Å². The first-order chi connectivity index (χ1) is 9.20. The molecular weight excluding hydrogens is 250 g/mol. The van der Waals surface area contributed by atoms with E-state index in [1.807, 2.05) is 0 Å². The number of azide groups is 1. The largest absolute Gasteiger partial charge is 0.466 e. The third kappa shape index (κ3) is 12.1. The number of rotatable bonds is 11. The second-order valence-corrected chi connectivity index (χ2v) is 3.53. The van der Waals surface area contributed by atoms with Gasteiger partial charge in [0.2, 0.25) is 0 Å². The topological polar surface area (TPSA) is 135 Å². The maximum Gasteiger partial charge on any atom is 0.302 e. The van der Waals surface area contributed by atoms with Crippen molar-refractivity contribution in [3.63, 3.8) is 0 Å². The number of nitrogens with zero attached hydrogens (tertiary/aromatic N) is 4. The molecule has 0 fully saturated rings. The smallest absolute Gasteiger partial charge is 0.302 e. The van der Waals surface area contributed by atoms with Gasteiger partial charge in [0.25, 0.3) is 0 Å². The summed E-state index contributed by atoms with van der Waals surface area (Å²) in [6, 6.07) is 0. The Hall–Kier alpha value is -2.12. The Morgan fingerprint density at radius 3 is 2.95 bits per heavy atom. The molecule has 0 aliphatic rings. The molecule has 106 valence electrons. The molecule has 9 nitrogen and oxygen atoms in total. The number of esters is 1. The van der Waals surface area contributed by atoms with E-state index in [2.05, 4.69) is 25.8 Å². The van der Waals surface area contributed by atoms with Crippen LogP contribution >= 0.6 is 0 Å². The summed E-state index contributed by atoms with van der Waals surface area (Å²) in [5, 5.41) is 12.7. The van der Waals surface area contributed by atoms with E-state index in [4.69, 9.17) is 15.8 Å². The van der Waals surface area contributed by atoms with E-state index in [9.17, 15) is 4.79 Å². The van der Waals surface area contributed by atoms with E-state index in [0.717, 1.165) is 0 Å². The minimum Gasteiger partial charge on any atom is -0.466 e. The molecule has 0 unspecified atom stereocenters. The molecule has 0 saturated carbocycles. The molecule has 0 aliphatic carbocycles. The molecule has 0 amide bonds. The van der Waals surface area contributed by atoms with Crippen LogP contribution in [0.3, 0.4) is 0 Å². The van der Waals surface area contributed by atoms with Crippen molar-refractivity contribution in [1.82, 2.24) is 10.6 Å². The summed E-state index contributed by atoms with van der Waals surface area (Å²) >= 11 is 0. The molecule has 0 aromatic heterocycles. The second kappa shape index (κ2) is 12.3. The molecule has 0 aliphatic heterocycles. The Balaban J connectivity index is 3.64. The van der Waals surface area contributed by atoms with Gasteiger partial charge in [-0.2, -0.15) is 5.11 Å². The highest BCUT2D eigenvalue weighted by molar-refractivity contribution is 5.65. The van der Waals surface area contributed by atoms with E-state index >= 15 is 0 Å². The van der Waals surface area contributed by atoms with Crippen molar-refractivity contribution in [2.75, 3.05) is 32.8 Å². The average Bonchev–Trinajstić information content (AvgIpc) is 2.39. The van der Waals surface area contributed by atoms with E-state index in [1.165, 1.54) is 6.92 Å². The van der Waals surface area contributed by atoms with Gasteiger partial charge in [-0.1, -0.05) is 5.11 Å². The molecule has 9 heteroatoms. The molecule has 0 radical (unpaired) electrons. The lowest BCUT2D eigenvalue weighted by molar-refractivity contribution is -0.140. The molecule has 3 N–H and O–H groups in total. The lowest BCUT2D eigenvalue weighted by atomic mass is 10.4. The van der Waals surface area contributed by atoms with E-state index < -0.39 is 0 Å². The lowest BCUT2D eigenvalue weighted by Crippen LogP contribution is -2.21. The van der Waals surface area contributed by atoms with Crippen molar-refractivity contribution in [2.45, 2.75) is 13.3 Å². The molecular formula is C10H19N7O2. The molecule has 0 atom stereocenters. The Labute approximate surface area is 111 Å². The van der Waals surface area contributed by atoms with Crippen LogP contribution in [-0.4, -0.2) is 38.8 Å². The van der Waals surface area contributed by atoms with Gasteiger partial charge in [-0.05, 0) is 12.0 Å². The fourth-order valence-corrected chi connectivity index (χ4v) is 1.09. The van der Waals surface area contributed by atoms with E-state index in [1.54, 1.807) is 6.20 Å². The third-order valence-corrected chi connectivity index (χ3v) is 1.94. The van der Waals surface area contributed by atoms with Crippen molar-refractivity contribution < 1.29 is 9.53 Å². The molecule has 0 rings (SSSR count). The van der Waals surface area contributed by atoms with Gasteiger partial charge >= 0.3 is 5.97 Å². The van der Waals surface area contributed by atoms with Gasteiger partial charge in [0.1, 0.15) is 0 Å². The Morgan fingerprint density at radius 2 is 2.32 bits per heavy atom. The molecule has 0 spiro atoms. The van der Waals surface area contributed by atoms with Crippen LogP contribution in [0.1, 0.15) is 13.3 Å². The number of hydrogen-bond acceptors (Lipinski definition) is 7. The van der Waals surface area contributed by atoms with E-state index in [-0.39, 0.29) is 5.97 Å². The van der Waals surface area contributed by atoms with Crippen LogP contribution in [0.5, 0.6) is 0 Å². The number of carbonyl (C=O) groups is 1. The first-order valence-corrected chi connectivity index (χ1v) is 5.85. The Bertz CT molecular complexity index is 350. The van der Waals surface area contributed by atoms with Crippen LogP contribution in [0.25, 0.3) is 10.4 Å². The summed E-state index contributed by atoms with van der Waals surface area (Å²) < 4.78 is 4.77. The summed E-state index contributed by atoms with van der Waals surface area (Å²) in [7, 11) is 0. The average molecular weight is 269 g/mol. The summed E-state index contributed by atoms with van der Waals surface area (Å²) in [4.78, 5) is 13.1. The highest BCUT2D eigenvalue weighted by Crippen LogP contribution is 1.92. The zero-order valence-electron chi connectivity index (χ0n) is 10.9. The maximum atomic E-state index is 10.5. The van der Waals surface area contributed by atoms with Crippen LogP contribution in [0.15, 0.2) is 22.1 Å². The standard InChI is InChI=1S/C10H19N7O2/c1-9(18)19-6-2-3-13-7-10(16-11)8-14-4-5-15-17-12/h7,11,13-14H,2-6,8H2,1H3/b10-7-,16-11?. The summed E-state index contributed by atoms with van der Waals surface area (Å²) in [6.07, 6.45) is 2.31.